The van der Waals surface area contributed by atoms with Crippen molar-refractivity contribution in [2.24, 2.45) is 0 Å². The second-order valence-corrected chi connectivity index (χ2v) is 6.08. The van der Waals surface area contributed by atoms with Gasteiger partial charge >= 0.3 is 0 Å². The van der Waals surface area contributed by atoms with Crippen molar-refractivity contribution in [3.8, 4) is 17.2 Å². The summed E-state index contributed by atoms with van der Waals surface area (Å²) in [6, 6.07) is 15.2. The fraction of sp³-hybridized carbons (Fsp3) is 0.143. The van der Waals surface area contributed by atoms with Gasteiger partial charge in [-0.25, -0.2) is 0 Å². The number of phenolic OH excluding ortho intramolecular Hbond substituents is 3. The molecule has 0 fully saturated rings. The number of hydrogen-bond acceptors (Lipinski definition) is 6. The van der Waals surface area contributed by atoms with Crippen LogP contribution in [0, 0.1) is 20.8 Å². The van der Waals surface area contributed by atoms with E-state index in [2.05, 4.69) is 0 Å². The molecule has 0 saturated carbocycles. The fourth-order valence-electron chi connectivity index (χ4n) is 1.95. The van der Waals surface area contributed by atoms with Crippen LogP contribution in [0.25, 0.3) is 0 Å². The van der Waals surface area contributed by atoms with E-state index < -0.39 is 0 Å². The molecule has 0 aliphatic rings. The van der Waals surface area contributed by atoms with Crippen LogP contribution in [0.2, 0.25) is 0 Å². The summed E-state index contributed by atoms with van der Waals surface area (Å²) in [5, 5.41) is 27.0. The van der Waals surface area contributed by atoms with E-state index in [1.165, 1.54) is 6.07 Å². The van der Waals surface area contributed by atoms with E-state index >= 15 is 0 Å². The van der Waals surface area contributed by atoms with Crippen molar-refractivity contribution in [3.63, 3.8) is 0 Å². The molecule has 3 aromatic rings. The first-order valence-electron chi connectivity index (χ1n) is 8.26. The van der Waals surface area contributed by atoms with Crippen molar-refractivity contribution < 1.29 is 15.3 Å². The maximum absolute atomic E-state index is 9.02. The lowest BCUT2D eigenvalue weighted by molar-refractivity contribution is 0.471. The van der Waals surface area contributed by atoms with Crippen molar-refractivity contribution >= 4 is 17.1 Å². The Morgan fingerprint density at radius 1 is 0.593 bits per heavy atom. The Kier molecular flexibility index (Phi) is 7.82. The molecule has 0 radical (unpaired) electrons. The highest BCUT2D eigenvalue weighted by molar-refractivity contribution is 5.52. The molecule has 0 bridgehead atoms. The van der Waals surface area contributed by atoms with Gasteiger partial charge in [-0.05, 0) is 68.3 Å². The predicted octanol–water partition coefficient (Wildman–Crippen LogP) is 3.85. The molecule has 0 spiro atoms. The molecule has 0 heterocycles. The third-order valence-corrected chi connectivity index (χ3v) is 3.80. The number of aryl methyl sites for hydroxylation is 2. The highest BCUT2D eigenvalue weighted by Crippen LogP contribution is 2.20. The normalized spacial score (nSPS) is 9.44. The summed E-state index contributed by atoms with van der Waals surface area (Å²) in [5.41, 5.74) is 20.6. The fourth-order valence-corrected chi connectivity index (χ4v) is 1.95. The zero-order chi connectivity index (χ0) is 20.6. The zero-order valence-electron chi connectivity index (χ0n) is 15.8. The second-order valence-electron chi connectivity index (χ2n) is 6.08. The van der Waals surface area contributed by atoms with E-state index in [-0.39, 0.29) is 11.5 Å². The number of rotatable bonds is 0. The van der Waals surface area contributed by atoms with Gasteiger partial charge in [0, 0.05) is 28.7 Å². The maximum Gasteiger partial charge on any atom is 0.120 e. The Morgan fingerprint density at radius 3 is 1.63 bits per heavy atom. The molecule has 0 atom stereocenters. The van der Waals surface area contributed by atoms with E-state index in [0.29, 0.717) is 22.8 Å². The van der Waals surface area contributed by atoms with Crippen LogP contribution in [0.15, 0.2) is 54.6 Å². The third-order valence-electron chi connectivity index (χ3n) is 3.80. The van der Waals surface area contributed by atoms with E-state index in [1.54, 1.807) is 55.5 Å². The van der Waals surface area contributed by atoms with Gasteiger partial charge in [-0.2, -0.15) is 0 Å². The van der Waals surface area contributed by atoms with Crippen LogP contribution in [0.5, 0.6) is 17.2 Å². The molecule has 3 rings (SSSR count). The molecule has 0 saturated heterocycles. The van der Waals surface area contributed by atoms with Crippen LogP contribution < -0.4 is 17.2 Å². The van der Waals surface area contributed by atoms with Gasteiger partial charge in [0.25, 0.3) is 0 Å². The second kappa shape index (κ2) is 9.82. The average molecular weight is 369 g/mol. The van der Waals surface area contributed by atoms with Crippen LogP contribution in [-0.2, 0) is 0 Å². The topological polar surface area (TPSA) is 139 Å². The summed E-state index contributed by atoms with van der Waals surface area (Å²) < 4.78 is 0. The molecular formula is C21H27N3O3. The lowest BCUT2D eigenvalue weighted by atomic mass is 10.2. The predicted molar refractivity (Wildman–Crippen MR) is 112 cm³/mol. The third kappa shape index (κ3) is 7.07. The Balaban J connectivity index is 0.000000202. The van der Waals surface area contributed by atoms with Gasteiger partial charge in [0.2, 0.25) is 0 Å². The van der Waals surface area contributed by atoms with Crippen molar-refractivity contribution in [2.75, 3.05) is 17.2 Å². The number of nitrogens with two attached hydrogens (primary N) is 3. The SMILES string of the molecule is Cc1c(N)cccc1O.Cc1cc(N)ccc1O.Cc1ccc(N)cc1O. The maximum atomic E-state index is 9.02. The van der Waals surface area contributed by atoms with Crippen LogP contribution in [-0.4, -0.2) is 15.3 Å². The van der Waals surface area contributed by atoms with Gasteiger partial charge in [-0.3, -0.25) is 0 Å². The quantitative estimate of drug-likeness (QED) is 0.263. The molecule has 0 aromatic heterocycles. The van der Waals surface area contributed by atoms with Gasteiger partial charge in [-0.15, -0.1) is 0 Å². The van der Waals surface area contributed by atoms with E-state index in [0.717, 1.165) is 16.7 Å². The Hall–Kier alpha value is -3.54. The van der Waals surface area contributed by atoms with Gasteiger partial charge in [0.05, 0.1) is 0 Å². The van der Waals surface area contributed by atoms with E-state index in [4.69, 9.17) is 32.5 Å². The largest absolute Gasteiger partial charge is 0.508 e. The summed E-state index contributed by atoms with van der Waals surface area (Å²) in [6.45, 7) is 5.42. The van der Waals surface area contributed by atoms with Crippen molar-refractivity contribution in [1.82, 2.24) is 0 Å². The molecule has 3 aromatic carbocycles. The monoisotopic (exact) mass is 369 g/mol. The van der Waals surface area contributed by atoms with Crippen LogP contribution in [0.3, 0.4) is 0 Å². The summed E-state index contributed by atoms with van der Waals surface area (Å²) in [4.78, 5) is 0. The first-order valence-corrected chi connectivity index (χ1v) is 8.26. The molecule has 6 heteroatoms. The number of benzene rings is 3. The number of phenols is 3. The summed E-state index contributed by atoms with van der Waals surface area (Å²) in [7, 11) is 0. The molecule has 0 amide bonds. The van der Waals surface area contributed by atoms with Crippen LogP contribution in [0.1, 0.15) is 16.7 Å². The van der Waals surface area contributed by atoms with Crippen LogP contribution >= 0.6 is 0 Å². The lowest BCUT2D eigenvalue weighted by Gasteiger charge is -1.99. The summed E-state index contributed by atoms with van der Waals surface area (Å²) in [5.74, 6) is 0.814. The lowest BCUT2D eigenvalue weighted by Crippen LogP contribution is -1.87. The number of aromatic hydroxyl groups is 3. The van der Waals surface area contributed by atoms with Crippen LogP contribution in [0.4, 0.5) is 17.1 Å². The zero-order valence-corrected chi connectivity index (χ0v) is 15.8. The standard InChI is InChI=1S/3C7H9NO/c1-5-4-6(8)2-3-7(5)9;1-5-2-3-6(8)4-7(5)9;1-5-6(8)3-2-4-7(5)9/h3*2-4,9H,8H2,1H3. The number of anilines is 3. The molecule has 9 N–H and O–H groups in total. The summed E-state index contributed by atoms with van der Waals surface area (Å²) >= 11 is 0. The first-order chi connectivity index (χ1) is 12.6. The molecule has 0 aliphatic carbocycles. The molecule has 0 aliphatic heterocycles. The minimum absolute atomic E-state index is 0.259. The van der Waals surface area contributed by atoms with E-state index in [9.17, 15) is 0 Å². The Labute approximate surface area is 159 Å². The minimum Gasteiger partial charge on any atom is -0.508 e. The number of nitrogen functional groups attached to an aromatic ring is 3. The van der Waals surface area contributed by atoms with Gasteiger partial charge < -0.3 is 32.5 Å². The molecule has 144 valence electrons. The Morgan fingerprint density at radius 2 is 1.19 bits per heavy atom. The molecule has 6 nitrogen and oxygen atoms in total. The van der Waals surface area contributed by atoms with Crippen molar-refractivity contribution in [1.29, 1.82) is 0 Å². The first kappa shape index (κ1) is 21.5. The molecular weight excluding hydrogens is 342 g/mol. The smallest absolute Gasteiger partial charge is 0.120 e. The number of hydrogen-bond donors (Lipinski definition) is 6. The van der Waals surface area contributed by atoms with Gasteiger partial charge in [-0.1, -0.05) is 12.1 Å². The highest BCUT2D eigenvalue weighted by atomic mass is 16.3. The molecule has 0 unspecified atom stereocenters. The Bertz CT molecular complexity index is 826. The van der Waals surface area contributed by atoms with Gasteiger partial charge in [0.15, 0.2) is 0 Å². The minimum atomic E-state index is 0.259. The molecule has 27 heavy (non-hydrogen) atoms. The van der Waals surface area contributed by atoms with Crippen molar-refractivity contribution in [3.05, 3.63) is 71.3 Å². The van der Waals surface area contributed by atoms with Gasteiger partial charge in [0.1, 0.15) is 17.2 Å². The highest BCUT2D eigenvalue weighted by Gasteiger charge is 1.95. The summed E-state index contributed by atoms with van der Waals surface area (Å²) in [6.07, 6.45) is 0. The average Bonchev–Trinajstić information content (AvgIpc) is 2.61. The van der Waals surface area contributed by atoms with E-state index in [1.807, 2.05) is 13.8 Å². The van der Waals surface area contributed by atoms with Crippen molar-refractivity contribution in [2.45, 2.75) is 20.8 Å².